The van der Waals surface area contributed by atoms with E-state index in [1.54, 1.807) is 25.1 Å². The lowest BCUT2D eigenvalue weighted by atomic mass is 10.1. The second-order valence-corrected chi connectivity index (χ2v) is 6.99. The van der Waals surface area contributed by atoms with Crippen LogP contribution >= 0.6 is 0 Å². The van der Waals surface area contributed by atoms with Gasteiger partial charge in [-0.05, 0) is 30.7 Å². The van der Waals surface area contributed by atoms with Crippen LogP contribution in [0.4, 0.5) is 0 Å². The number of rotatable bonds is 7. The summed E-state index contributed by atoms with van der Waals surface area (Å²) < 4.78 is 27.7. The molecule has 2 rings (SSSR count). The Hall–Kier alpha value is -2.44. The van der Waals surface area contributed by atoms with Crippen molar-refractivity contribution in [1.29, 1.82) is 0 Å². The summed E-state index contributed by atoms with van der Waals surface area (Å²) in [5.41, 5.74) is 1.15. The van der Waals surface area contributed by atoms with E-state index in [1.165, 1.54) is 12.1 Å². The average molecular weight is 344 g/mol. The average Bonchev–Trinajstić information content (AvgIpc) is 2.60. The highest BCUT2D eigenvalue weighted by Gasteiger charge is 2.19. The molecule has 0 aliphatic heterocycles. The van der Waals surface area contributed by atoms with Crippen molar-refractivity contribution in [2.75, 3.05) is 6.54 Å². The first-order valence-electron chi connectivity index (χ1n) is 7.50. The van der Waals surface area contributed by atoms with Gasteiger partial charge >= 0.3 is 0 Å². The van der Waals surface area contributed by atoms with Gasteiger partial charge in [-0.15, -0.1) is 6.58 Å². The number of benzene rings is 2. The maximum absolute atomic E-state index is 12.5. The predicted molar refractivity (Wildman–Crippen MR) is 94.2 cm³/mol. The monoisotopic (exact) mass is 344 g/mol. The maximum Gasteiger partial charge on any atom is 0.251 e. The quantitative estimate of drug-likeness (QED) is 0.758. The van der Waals surface area contributed by atoms with E-state index in [0.717, 1.165) is 5.56 Å². The summed E-state index contributed by atoms with van der Waals surface area (Å²) in [5, 5.41) is 2.62. The molecule has 24 heavy (non-hydrogen) atoms. The molecule has 0 fully saturated rings. The highest BCUT2D eigenvalue weighted by molar-refractivity contribution is 7.89. The van der Waals surface area contributed by atoms with Gasteiger partial charge in [0.2, 0.25) is 10.0 Å². The van der Waals surface area contributed by atoms with Crippen molar-refractivity contribution in [2.45, 2.75) is 17.9 Å². The molecule has 126 valence electrons. The number of carbonyl (C=O) groups excluding carboxylic acids is 1. The molecule has 0 aliphatic carbocycles. The summed E-state index contributed by atoms with van der Waals surface area (Å²) in [7, 11) is -3.73. The van der Waals surface area contributed by atoms with Crippen LogP contribution in [0, 0.1) is 0 Å². The Morgan fingerprint density at radius 2 is 1.88 bits per heavy atom. The third kappa shape index (κ3) is 4.53. The maximum atomic E-state index is 12.5. The van der Waals surface area contributed by atoms with Crippen molar-refractivity contribution in [2.24, 2.45) is 0 Å². The molecule has 2 N–H and O–H groups in total. The molecule has 0 spiro atoms. The van der Waals surface area contributed by atoms with Gasteiger partial charge in [-0.2, -0.15) is 0 Å². The van der Waals surface area contributed by atoms with Crippen LogP contribution in [0.3, 0.4) is 0 Å². The van der Waals surface area contributed by atoms with Gasteiger partial charge in [0.25, 0.3) is 5.91 Å². The van der Waals surface area contributed by atoms with Gasteiger partial charge in [0.05, 0.1) is 4.90 Å². The molecule has 0 aliphatic rings. The van der Waals surface area contributed by atoms with E-state index in [0.29, 0.717) is 6.54 Å². The molecule has 0 radical (unpaired) electrons. The van der Waals surface area contributed by atoms with Crippen LogP contribution in [0.15, 0.2) is 72.1 Å². The number of nitrogens with one attached hydrogen (secondary N) is 2. The topological polar surface area (TPSA) is 75.3 Å². The first-order chi connectivity index (χ1) is 11.4. The van der Waals surface area contributed by atoms with E-state index in [2.05, 4.69) is 16.6 Å². The predicted octanol–water partition coefficient (Wildman–Crippen LogP) is 2.64. The Balaban J connectivity index is 2.20. The normalized spacial score (nSPS) is 12.4. The molecule has 1 amide bonds. The molecule has 0 saturated heterocycles. The summed E-state index contributed by atoms with van der Waals surface area (Å²) in [6.45, 7) is 5.61. The van der Waals surface area contributed by atoms with E-state index < -0.39 is 10.0 Å². The smallest absolute Gasteiger partial charge is 0.251 e. The van der Waals surface area contributed by atoms with Crippen molar-refractivity contribution < 1.29 is 13.2 Å². The fourth-order valence-corrected chi connectivity index (χ4v) is 3.46. The van der Waals surface area contributed by atoms with Crippen molar-refractivity contribution in [3.8, 4) is 0 Å². The lowest BCUT2D eigenvalue weighted by Gasteiger charge is -2.15. The SMILES string of the molecule is C=CCNC(=O)c1cccc(S(=O)(=O)NC(C)c2ccccc2)c1. The number of hydrogen-bond acceptors (Lipinski definition) is 3. The lowest BCUT2D eigenvalue weighted by Crippen LogP contribution is -2.28. The highest BCUT2D eigenvalue weighted by atomic mass is 32.2. The van der Waals surface area contributed by atoms with Crippen LogP contribution in [0.2, 0.25) is 0 Å². The Labute approximate surface area is 142 Å². The van der Waals surface area contributed by atoms with Gasteiger partial charge in [0.1, 0.15) is 0 Å². The molecule has 0 heterocycles. The van der Waals surface area contributed by atoms with Crippen molar-refractivity contribution in [1.82, 2.24) is 10.0 Å². The van der Waals surface area contributed by atoms with E-state index >= 15 is 0 Å². The van der Waals surface area contributed by atoms with E-state index in [-0.39, 0.29) is 22.4 Å². The van der Waals surface area contributed by atoms with Crippen LogP contribution in [-0.2, 0) is 10.0 Å². The number of carbonyl (C=O) groups is 1. The minimum atomic E-state index is -3.73. The fraction of sp³-hybridized carbons (Fsp3) is 0.167. The molecule has 5 nitrogen and oxygen atoms in total. The Morgan fingerprint density at radius 3 is 2.54 bits per heavy atom. The number of sulfonamides is 1. The van der Waals surface area contributed by atoms with Crippen LogP contribution < -0.4 is 10.0 Å². The van der Waals surface area contributed by atoms with Crippen LogP contribution in [-0.4, -0.2) is 20.9 Å². The lowest BCUT2D eigenvalue weighted by molar-refractivity contribution is 0.0958. The van der Waals surface area contributed by atoms with E-state index in [9.17, 15) is 13.2 Å². The minimum absolute atomic E-state index is 0.0523. The molecule has 1 unspecified atom stereocenters. The Morgan fingerprint density at radius 1 is 1.17 bits per heavy atom. The first kappa shape index (κ1) is 17.9. The summed E-state index contributed by atoms with van der Waals surface area (Å²) in [6, 6.07) is 14.8. The zero-order chi connectivity index (χ0) is 17.6. The largest absolute Gasteiger partial charge is 0.349 e. The third-order valence-corrected chi connectivity index (χ3v) is 4.98. The van der Waals surface area contributed by atoms with Crippen molar-refractivity contribution >= 4 is 15.9 Å². The first-order valence-corrected chi connectivity index (χ1v) is 8.99. The molecule has 1 atom stereocenters. The molecular weight excluding hydrogens is 324 g/mol. The van der Waals surface area contributed by atoms with Crippen LogP contribution in [0.25, 0.3) is 0 Å². The zero-order valence-corrected chi connectivity index (χ0v) is 14.2. The molecule has 2 aromatic carbocycles. The van der Waals surface area contributed by atoms with Gasteiger partial charge in [-0.1, -0.05) is 42.5 Å². The third-order valence-electron chi connectivity index (χ3n) is 3.44. The molecule has 0 saturated carbocycles. The molecule has 0 aromatic heterocycles. The van der Waals surface area contributed by atoms with Crippen molar-refractivity contribution in [3.63, 3.8) is 0 Å². The zero-order valence-electron chi connectivity index (χ0n) is 13.4. The summed E-state index contributed by atoms with van der Waals surface area (Å²) in [5.74, 6) is -0.344. The molecule has 2 aromatic rings. The van der Waals surface area contributed by atoms with Crippen molar-refractivity contribution in [3.05, 3.63) is 78.4 Å². The van der Waals surface area contributed by atoms with Crippen LogP contribution in [0.5, 0.6) is 0 Å². The molecule has 0 bridgehead atoms. The fourth-order valence-electron chi connectivity index (χ4n) is 2.18. The minimum Gasteiger partial charge on any atom is -0.349 e. The molecular formula is C18H20N2O3S. The summed E-state index contributed by atoms with van der Waals surface area (Å²) >= 11 is 0. The van der Waals surface area contributed by atoms with Gasteiger partial charge in [0, 0.05) is 18.2 Å². The standard InChI is InChI=1S/C18H20N2O3S/c1-3-12-19-18(21)16-10-7-11-17(13-16)24(22,23)20-14(2)15-8-5-4-6-9-15/h3-11,13-14,20H,1,12H2,2H3,(H,19,21). The van der Waals surface area contributed by atoms with Gasteiger partial charge < -0.3 is 5.32 Å². The van der Waals surface area contributed by atoms with Gasteiger partial charge in [-0.25, -0.2) is 13.1 Å². The van der Waals surface area contributed by atoms with Gasteiger partial charge in [0.15, 0.2) is 0 Å². The highest BCUT2D eigenvalue weighted by Crippen LogP contribution is 2.17. The van der Waals surface area contributed by atoms with E-state index in [4.69, 9.17) is 0 Å². The number of amides is 1. The summed E-state index contributed by atoms with van der Waals surface area (Å²) in [6.07, 6.45) is 1.56. The Bertz CT molecular complexity index is 817. The Kier molecular flexibility index (Phi) is 5.89. The summed E-state index contributed by atoms with van der Waals surface area (Å²) in [4.78, 5) is 12.0. The van der Waals surface area contributed by atoms with E-state index in [1.807, 2.05) is 30.3 Å². The molecule has 6 heteroatoms. The number of hydrogen-bond donors (Lipinski definition) is 2. The second kappa shape index (κ2) is 7.90. The van der Waals surface area contributed by atoms with Gasteiger partial charge in [-0.3, -0.25) is 4.79 Å². The second-order valence-electron chi connectivity index (χ2n) is 5.28. The van der Waals surface area contributed by atoms with Crippen LogP contribution in [0.1, 0.15) is 28.9 Å².